The van der Waals surface area contributed by atoms with Gasteiger partial charge in [-0.2, -0.15) is 0 Å². The molecule has 0 N–H and O–H groups in total. The fraction of sp³-hybridized carbons (Fsp3) is 0.480. The molecule has 0 bridgehead atoms. The first-order chi connectivity index (χ1) is 15.0. The molecule has 2 aromatic rings. The van der Waals surface area contributed by atoms with Crippen molar-refractivity contribution in [2.75, 3.05) is 6.61 Å². The zero-order valence-electron chi connectivity index (χ0n) is 18.8. The average Bonchev–Trinajstić information content (AvgIpc) is 2.76. The normalized spacial score (nSPS) is 10.7. The Morgan fingerprint density at radius 1 is 0.806 bits per heavy atom. The van der Waals surface area contributed by atoms with E-state index >= 15 is 0 Å². The minimum absolute atomic E-state index is 0.0322. The Morgan fingerprint density at radius 3 is 2.10 bits per heavy atom. The van der Waals surface area contributed by atoms with Gasteiger partial charge in [0.1, 0.15) is 11.4 Å². The van der Waals surface area contributed by atoms with Crippen molar-refractivity contribution in [2.24, 2.45) is 0 Å². The first kappa shape index (κ1) is 24.4. The van der Waals surface area contributed by atoms with Gasteiger partial charge in [-0.25, -0.2) is 14.6 Å². The van der Waals surface area contributed by atoms with Crippen LogP contribution in [-0.2, 0) is 4.74 Å². The topological polar surface area (TPSA) is 74.7 Å². The van der Waals surface area contributed by atoms with Crippen LogP contribution in [0, 0.1) is 0 Å². The highest BCUT2D eigenvalue weighted by Gasteiger charge is 2.17. The number of pyridine rings is 1. The second-order valence-electron chi connectivity index (χ2n) is 7.67. The number of ether oxygens (including phenoxy) is 3. The van der Waals surface area contributed by atoms with Crippen molar-refractivity contribution in [3.8, 4) is 11.5 Å². The van der Waals surface area contributed by atoms with E-state index in [0.29, 0.717) is 18.1 Å². The molecule has 0 aliphatic rings. The van der Waals surface area contributed by atoms with E-state index in [2.05, 4.69) is 11.9 Å². The van der Waals surface area contributed by atoms with Crippen LogP contribution in [0.5, 0.6) is 11.5 Å². The molecule has 0 aliphatic heterocycles. The lowest BCUT2D eigenvalue weighted by Crippen LogP contribution is -2.15. The van der Waals surface area contributed by atoms with Gasteiger partial charge >= 0.3 is 11.9 Å². The van der Waals surface area contributed by atoms with E-state index < -0.39 is 11.9 Å². The monoisotopic (exact) mass is 427 g/mol. The molecule has 31 heavy (non-hydrogen) atoms. The predicted octanol–water partition coefficient (Wildman–Crippen LogP) is 6.00. The summed E-state index contributed by atoms with van der Waals surface area (Å²) in [6.07, 6.45) is 7.94. The fourth-order valence-electron chi connectivity index (χ4n) is 3.00. The Bertz CT molecular complexity index is 834. The summed E-state index contributed by atoms with van der Waals surface area (Å²) in [7, 11) is 0. The van der Waals surface area contributed by atoms with E-state index in [1.807, 2.05) is 13.8 Å². The first-order valence-electron chi connectivity index (χ1n) is 11.1. The molecule has 0 fully saturated rings. The van der Waals surface area contributed by atoms with Gasteiger partial charge < -0.3 is 14.2 Å². The summed E-state index contributed by atoms with van der Waals surface area (Å²) in [5.74, 6) is -0.434. The smallest absolute Gasteiger partial charge is 0.362 e. The second-order valence-corrected chi connectivity index (χ2v) is 7.67. The van der Waals surface area contributed by atoms with E-state index in [9.17, 15) is 9.59 Å². The SMILES string of the molecule is CCCCCCCCCOC(=O)c1cccc(C(=O)Oc2ccccc2OC(C)C)n1. The maximum atomic E-state index is 12.5. The van der Waals surface area contributed by atoms with Gasteiger partial charge in [-0.3, -0.25) is 0 Å². The van der Waals surface area contributed by atoms with Crippen molar-refractivity contribution in [3.05, 3.63) is 53.9 Å². The van der Waals surface area contributed by atoms with Crippen LogP contribution in [0.15, 0.2) is 42.5 Å². The maximum Gasteiger partial charge on any atom is 0.362 e. The molecule has 6 nitrogen and oxygen atoms in total. The molecule has 0 spiro atoms. The molecule has 1 aromatic carbocycles. The van der Waals surface area contributed by atoms with Crippen LogP contribution < -0.4 is 9.47 Å². The van der Waals surface area contributed by atoms with Crippen LogP contribution in [0.1, 0.15) is 86.7 Å². The lowest BCUT2D eigenvalue weighted by atomic mass is 10.1. The van der Waals surface area contributed by atoms with Gasteiger partial charge in [0.15, 0.2) is 11.5 Å². The maximum absolute atomic E-state index is 12.5. The Balaban J connectivity index is 1.87. The number of carbonyl (C=O) groups is 2. The summed E-state index contributed by atoms with van der Waals surface area (Å²) in [6, 6.07) is 11.5. The quantitative estimate of drug-likeness (QED) is 0.222. The van der Waals surface area contributed by atoms with Crippen molar-refractivity contribution < 1.29 is 23.8 Å². The van der Waals surface area contributed by atoms with Crippen molar-refractivity contribution in [3.63, 3.8) is 0 Å². The second kappa shape index (κ2) is 13.4. The van der Waals surface area contributed by atoms with Crippen molar-refractivity contribution in [1.29, 1.82) is 0 Å². The number of para-hydroxylation sites is 2. The third-order valence-corrected chi connectivity index (χ3v) is 4.56. The minimum Gasteiger partial charge on any atom is -0.487 e. The number of hydrogen-bond acceptors (Lipinski definition) is 6. The van der Waals surface area contributed by atoms with Crippen molar-refractivity contribution in [1.82, 2.24) is 4.98 Å². The molecule has 0 saturated carbocycles. The fourth-order valence-corrected chi connectivity index (χ4v) is 3.00. The zero-order chi connectivity index (χ0) is 22.5. The largest absolute Gasteiger partial charge is 0.487 e. The Kier molecular flexibility index (Phi) is 10.6. The Hall–Kier alpha value is -2.89. The molecule has 1 aromatic heterocycles. The summed E-state index contributed by atoms with van der Waals surface area (Å²) in [5, 5.41) is 0. The number of carbonyl (C=O) groups excluding carboxylic acids is 2. The number of esters is 2. The molecular weight excluding hydrogens is 394 g/mol. The summed E-state index contributed by atoms with van der Waals surface area (Å²) in [5.41, 5.74) is 0.119. The number of benzene rings is 1. The van der Waals surface area contributed by atoms with E-state index in [1.54, 1.807) is 30.3 Å². The van der Waals surface area contributed by atoms with Crippen LogP contribution in [0.25, 0.3) is 0 Å². The zero-order valence-corrected chi connectivity index (χ0v) is 18.8. The number of nitrogens with zero attached hydrogens (tertiary/aromatic N) is 1. The van der Waals surface area contributed by atoms with Crippen LogP contribution in [0.2, 0.25) is 0 Å². The van der Waals surface area contributed by atoms with Crippen molar-refractivity contribution in [2.45, 2.75) is 71.8 Å². The van der Waals surface area contributed by atoms with E-state index in [0.717, 1.165) is 19.3 Å². The standard InChI is InChI=1S/C25H33NO5/c1-4-5-6-7-8-9-12-18-29-24(27)20-14-13-15-21(26-20)25(28)31-23-17-11-10-16-22(23)30-19(2)3/h10-11,13-17,19H,4-9,12,18H2,1-3H3. The molecule has 2 rings (SSSR count). The third-order valence-electron chi connectivity index (χ3n) is 4.56. The Labute approximate surface area is 184 Å². The van der Waals surface area contributed by atoms with Gasteiger partial charge in [-0.15, -0.1) is 0 Å². The molecular formula is C25H33NO5. The van der Waals surface area contributed by atoms with Crippen LogP contribution in [0.4, 0.5) is 0 Å². The highest BCUT2D eigenvalue weighted by Crippen LogP contribution is 2.28. The lowest BCUT2D eigenvalue weighted by Gasteiger charge is -2.13. The summed E-state index contributed by atoms with van der Waals surface area (Å²) in [6.45, 7) is 6.33. The number of rotatable bonds is 13. The molecule has 6 heteroatoms. The van der Waals surface area contributed by atoms with Gasteiger partial charge in [-0.1, -0.05) is 63.6 Å². The summed E-state index contributed by atoms with van der Waals surface area (Å²) >= 11 is 0. The van der Waals surface area contributed by atoms with Gasteiger partial charge in [0.2, 0.25) is 0 Å². The molecule has 1 heterocycles. The van der Waals surface area contributed by atoms with Crippen LogP contribution in [0.3, 0.4) is 0 Å². The van der Waals surface area contributed by atoms with E-state index in [1.165, 1.54) is 37.8 Å². The van der Waals surface area contributed by atoms with Gasteiger partial charge in [0.05, 0.1) is 12.7 Å². The number of hydrogen-bond donors (Lipinski definition) is 0. The first-order valence-corrected chi connectivity index (χ1v) is 11.1. The Morgan fingerprint density at radius 2 is 1.42 bits per heavy atom. The predicted molar refractivity (Wildman–Crippen MR) is 120 cm³/mol. The molecule has 0 radical (unpaired) electrons. The summed E-state index contributed by atoms with van der Waals surface area (Å²) in [4.78, 5) is 28.9. The molecule has 0 saturated heterocycles. The van der Waals surface area contributed by atoms with Gasteiger partial charge in [-0.05, 0) is 44.5 Å². The highest BCUT2D eigenvalue weighted by molar-refractivity contribution is 5.92. The molecule has 0 amide bonds. The van der Waals surface area contributed by atoms with Gasteiger partial charge in [0, 0.05) is 0 Å². The van der Waals surface area contributed by atoms with E-state index in [4.69, 9.17) is 14.2 Å². The third kappa shape index (κ3) is 8.79. The summed E-state index contributed by atoms with van der Waals surface area (Å²) < 4.78 is 16.4. The lowest BCUT2D eigenvalue weighted by molar-refractivity contribution is 0.0490. The molecule has 0 aliphatic carbocycles. The molecule has 0 atom stereocenters. The van der Waals surface area contributed by atoms with Crippen LogP contribution in [-0.4, -0.2) is 29.6 Å². The minimum atomic E-state index is -0.665. The number of unbranched alkanes of at least 4 members (excludes halogenated alkanes) is 6. The highest BCUT2D eigenvalue weighted by atomic mass is 16.6. The molecule has 168 valence electrons. The number of aromatic nitrogens is 1. The van der Waals surface area contributed by atoms with Crippen molar-refractivity contribution >= 4 is 11.9 Å². The van der Waals surface area contributed by atoms with E-state index in [-0.39, 0.29) is 17.5 Å². The average molecular weight is 428 g/mol. The van der Waals surface area contributed by atoms with Crippen LogP contribution >= 0.6 is 0 Å². The van der Waals surface area contributed by atoms with Gasteiger partial charge in [0.25, 0.3) is 0 Å². The molecule has 0 unspecified atom stereocenters.